The fourth-order valence-corrected chi connectivity index (χ4v) is 3.82. The van der Waals surface area contributed by atoms with Crippen LogP contribution in [0.4, 0.5) is 0 Å². The van der Waals surface area contributed by atoms with Crippen LogP contribution in [0.5, 0.6) is 0 Å². The molecule has 0 amide bonds. The lowest BCUT2D eigenvalue weighted by atomic mass is 9.49. The summed E-state index contributed by atoms with van der Waals surface area (Å²) in [4.78, 5) is 0. The highest BCUT2D eigenvalue weighted by molar-refractivity contribution is 9.10. The number of halogens is 1. The monoisotopic (exact) mass is 291 g/mol. The minimum atomic E-state index is -0.258. The number of hydrogen-bond acceptors (Lipinski definition) is 1. The molecule has 2 rings (SSSR count). The Morgan fingerprint density at radius 1 is 1.24 bits per heavy atom. The van der Waals surface area contributed by atoms with Crippen LogP contribution in [0.15, 0.2) is 28.7 Å². The second-order valence-electron chi connectivity index (χ2n) is 5.23. The zero-order valence-electron chi connectivity index (χ0n) is 10.5. The fraction of sp³-hybridized carbons (Fsp3) is 0.533. The molecule has 0 atom stereocenters. The number of hydrogen-bond donors (Lipinski definition) is 0. The van der Waals surface area contributed by atoms with Crippen molar-refractivity contribution in [3.05, 3.63) is 34.3 Å². The molecule has 1 nitrogen and oxygen atoms in total. The van der Waals surface area contributed by atoms with E-state index in [1.807, 2.05) is 18.2 Å². The van der Waals surface area contributed by atoms with Gasteiger partial charge in [0, 0.05) is 4.47 Å². The summed E-state index contributed by atoms with van der Waals surface area (Å²) >= 11 is 3.58. The van der Waals surface area contributed by atoms with Crippen molar-refractivity contribution in [2.45, 2.75) is 44.9 Å². The Morgan fingerprint density at radius 2 is 1.82 bits per heavy atom. The van der Waals surface area contributed by atoms with Crippen molar-refractivity contribution in [3.63, 3.8) is 0 Å². The van der Waals surface area contributed by atoms with Crippen LogP contribution >= 0.6 is 15.9 Å². The molecule has 1 aliphatic carbocycles. The van der Waals surface area contributed by atoms with Crippen molar-refractivity contribution in [2.24, 2.45) is 5.41 Å². The van der Waals surface area contributed by atoms with Crippen molar-refractivity contribution in [1.82, 2.24) is 0 Å². The van der Waals surface area contributed by atoms with Gasteiger partial charge in [0.05, 0.1) is 11.5 Å². The molecule has 0 unspecified atom stereocenters. The minimum absolute atomic E-state index is 0.258. The molecule has 1 aromatic carbocycles. The van der Waals surface area contributed by atoms with Gasteiger partial charge in [0.25, 0.3) is 0 Å². The molecule has 0 N–H and O–H groups in total. The molecule has 1 fully saturated rings. The molecular formula is C15H18BrN. The van der Waals surface area contributed by atoms with Gasteiger partial charge in [0.1, 0.15) is 0 Å². The predicted molar refractivity (Wildman–Crippen MR) is 73.7 cm³/mol. The minimum Gasteiger partial charge on any atom is -0.197 e. The zero-order valence-corrected chi connectivity index (χ0v) is 12.0. The van der Waals surface area contributed by atoms with Crippen molar-refractivity contribution >= 4 is 15.9 Å². The van der Waals surface area contributed by atoms with E-state index in [0.29, 0.717) is 5.41 Å². The third-order valence-corrected chi connectivity index (χ3v) is 5.15. The third-order valence-electron chi connectivity index (χ3n) is 4.46. The molecule has 0 spiro atoms. The van der Waals surface area contributed by atoms with E-state index in [1.54, 1.807) is 0 Å². The molecule has 0 bridgehead atoms. The van der Waals surface area contributed by atoms with Crippen molar-refractivity contribution in [3.8, 4) is 6.07 Å². The lowest BCUT2D eigenvalue weighted by Gasteiger charge is -2.53. The van der Waals surface area contributed by atoms with E-state index in [4.69, 9.17) is 0 Å². The van der Waals surface area contributed by atoms with Gasteiger partial charge in [-0.05, 0) is 29.9 Å². The van der Waals surface area contributed by atoms with E-state index < -0.39 is 0 Å². The Balaban J connectivity index is 2.33. The molecule has 1 aliphatic rings. The molecule has 0 aliphatic heterocycles. The Kier molecular flexibility index (Phi) is 3.32. The maximum Gasteiger partial charge on any atom is 0.0843 e. The molecule has 0 aromatic heterocycles. The Bertz CT molecular complexity index is 446. The summed E-state index contributed by atoms with van der Waals surface area (Å²) in [5.41, 5.74) is 1.30. The van der Waals surface area contributed by atoms with Gasteiger partial charge in [-0.2, -0.15) is 5.26 Å². The number of nitriles is 1. The van der Waals surface area contributed by atoms with Gasteiger partial charge in [0.2, 0.25) is 0 Å². The molecule has 17 heavy (non-hydrogen) atoms. The molecule has 1 aromatic rings. The quantitative estimate of drug-likeness (QED) is 0.784. The summed E-state index contributed by atoms with van der Waals surface area (Å²) < 4.78 is 1.07. The maximum absolute atomic E-state index is 9.57. The summed E-state index contributed by atoms with van der Waals surface area (Å²) in [6.45, 7) is 4.48. The first-order valence-electron chi connectivity index (χ1n) is 6.28. The topological polar surface area (TPSA) is 23.8 Å². The zero-order chi connectivity index (χ0) is 12.5. The van der Waals surface area contributed by atoms with E-state index in [1.165, 1.54) is 18.4 Å². The van der Waals surface area contributed by atoms with E-state index in [-0.39, 0.29) is 5.41 Å². The molecule has 0 heterocycles. The van der Waals surface area contributed by atoms with Crippen LogP contribution in [0.1, 0.15) is 45.1 Å². The predicted octanol–water partition coefficient (Wildman–Crippen LogP) is 4.81. The van der Waals surface area contributed by atoms with Gasteiger partial charge in [-0.25, -0.2) is 0 Å². The number of nitrogens with zero attached hydrogens (tertiary/aromatic N) is 1. The lowest BCUT2D eigenvalue weighted by Crippen LogP contribution is -2.48. The van der Waals surface area contributed by atoms with E-state index in [2.05, 4.69) is 41.9 Å². The van der Waals surface area contributed by atoms with E-state index in [0.717, 1.165) is 17.3 Å². The second kappa shape index (κ2) is 4.46. The van der Waals surface area contributed by atoms with E-state index in [9.17, 15) is 5.26 Å². The first-order chi connectivity index (χ1) is 8.11. The van der Waals surface area contributed by atoms with Gasteiger partial charge >= 0.3 is 0 Å². The first kappa shape index (κ1) is 12.6. The van der Waals surface area contributed by atoms with Crippen LogP contribution < -0.4 is 0 Å². The lowest BCUT2D eigenvalue weighted by molar-refractivity contribution is 0.0476. The Labute approximate surface area is 112 Å². The van der Waals surface area contributed by atoms with Gasteiger partial charge in [-0.15, -0.1) is 0 Å². The van der Waals surface area contributed by atoms with Crippen molar-refractivity contribution in [1.29, 1.82) is 5.26 Å². The van der Waals surface area contributed by atoms with Crippen LogP contribution in [-0.4, -0.2) is 0 Å². The third kappa shape index (κ3) is 1.91. The van der Waals surface area contributed by atoms with Crippen molar-refractivity contribution < 1.29 is 0 Å². The van der Waals surface area contributed by atoms with Gasteiger partial charge < -0.3 is 0 Å². The summed E-state index contributed by atoms with van der Waals surface area (Å²) in [7, 11) is 0. The highest BCUT2D eigenvalue weighted by atomic mass is 79.9. The Hall–Kier alpha value is -0.810. The maximum atomic E-state index is 9.57. The first-order valence-corrected chi connectivity index (χ1v) is 7.07. The molecule has 0 saturated heterocycles. The largest absolute Gasteiger partial charge is 0.197 e. The summed E-state index contributed by atoms with van der Waals surface area (Å²) in [5, 5.41) is 9.57. The second-order valence-corrected chi connectivity index (χ2v) is 6.09. The average Bonchev–Trinajstić information content (AvgIpc) is 2.32. The highest BCUT2D eigenvalue weighted by Crippen LogP contribution is 2.59. The van der Waals surface area contributed by atoms with Gasteiger partial charge in [-0.3, -0.25) is 0 Å². The molecule has 0 radical (unpaired) electrons. The normalized spacial score (nSPS) is 20.4. The van der Waals surface area contributed by atoms with Crippen LogP contribution in [-0.2, 0) is 5.41 Å². The van der Waals surface area contributed by atoms with Crippen molar-refractivity contribution in [2.75, 3.05) is 0 Å². The van der Waals surface area contributed by atoms with Crippen LogP contribution in [0, 0.1) is 16.7 Å². The van der Waals surface area contributed by atoms with Gasteiger partial charge in [-0.1, -0.05) is 60.8 Å². The summed E-state index contributed by atoms with van der Waals surface area (Å²) in [6.07, 6.45) is 4.37. The summed E-state index contributed by atoms with van der Waals surface area (Å²) in [6, 6.07) is 10.7. The smallest absolute Gasteiger partial charge is 0.0843 e. The SMILES string of the molecule is CCC1(CC)CC(C#N)(c2ccccc2Br)C1. The van der Waals surface area contributed by atoms with Crippen LogP contribution in [0.25, 0.3) is 0 Å². The molecule has 90 valence electrons. The van der Waals surface area contributed by atoms with Gasteiger partial charge in [0.15, 0.2) is 0 Å². The molecule has 1 saturated carbocycles. The fourth-order valence-electron chi connectivity index (χ4n) is 3.16. The molecule has 2 heteroatoms. The summed E-state index contributed by atoms with van der Waals surface area (Å²) in [5.74, 6) is 0. The average molecular weight is 292 g/mol. The standard InChI is InChI=1S/C15H18BrN/c1-3-14(4-2)9-15(10-14,11-17)12-7-5-6-8-13(12)16/h5-8H,3-4,9-10H2,1-2H3. The molecular weight excluding hydrogens is 274 g/mol. The Morgan fingerprint density at radius 3 is 2.29 bits per heavy atom. The number of rotatable bonds is 3. The number of benzene rings is 1. The van der Waals surface area contributed by atoms with E-state index >= 15 is 0 Å². The van der Waals surface area contributed by atoms with Crippen LogP contribution in [0.3, 0.4) is 0 Å². The van der Waals surface area contributed by atoms with Crippen LogP contribution in [0.2, 0.25) is 0 Å². The highest BCUT2D eigenvalue weighted by Gasteiger charge is 2.54.